The van der Waals surface area contributed by atoms with E-state index in [0.29, 0.717) is 11.4 Å². The summed E-state index contributed by atoms with van der Waals surface area (Å²) in [5, 5.41) is 0. The predicted octanol–water partition coefficient (Wildman–Crippen LogP) is 0.848. The van der Waals surface area contributed by atoms with Gasteiger partial charge in [-0.05, 0) is 19.1 Å². The maximum absolute atomic E-state index is 11.2. The van der Waals surface area contributed by atoms with Crippen LogP contribution >= 0.6 is 0 Å². The minimum absolute atomic E-state index is 0.0502. The van der Waals surface area contributed by atoms with Crippen molar-refractivity contribution in [1.29, 1.82) is 0 Å². The third kappa shape index (κ3) is 1.85. The number of nitrogens with one attached hydrogen (secondary N) is 1. The molecule has 0 aliphatic rings. The molecule has 0 spiro atoms. The summed E-state index contributed by atoms with van der Waals surface area (Å²) in [4.78, 5) is 21.4. The van der Waals surface area contributed by atoms with E-state index < -0.39 is 5.56 Å². The number of ether oxygens (including phenoxy) is 1. The van der Waals surface area contributed by atoms with Crippen molar-refractivity contribution in [3.05, 3.63) is 40.7 Å². The standard InChI is InChI=1S/C10H10N4O2/c1-6-7(3-2-4-12-6)16-10-8(11)9(15)13-5-14-10/h2-5H,11H2,1H3,(H,13,14,15). The molecule has 0 radical (unpaired) electrons. The smallest absolute Gasteiger partial charge is 0.277 e. The number of pyridine rings is 1. The maximum Gasteiger partial charge on any atom is 0.277 e. The van der Waals surface area contributed by atoms with Gasteiger partial charge in [0.05, 0.1) is 12.0 Å². The summed E-state index contributed by atoms with van der Waals surface area (Å²) in [5.41, 5.74) is 5.75. The predicted molar refractivity (Wildman–Crippen MR) is 58.3 cm³/mol. The van der Waals surface area contributed by atoms with Gasteiger partial charge >= 0.3 is 0 Å². The first-order valence-corrected chi connectivity index (χ1v) is 4.61. The van der Waals surface area contributed by atoms with E-state index in [0.717, 1.165) is 0 Å². The summed E-state index contributed by atoms with van der Waals surface area (Å²) in [6.45, 7) is 1.79. The first kappa shape index (κ1) is 10.2. The molecule has 0 bridgehead atoms. The Bertz CT molecular complexity index is 565. The Balaban J connectivity index is 2.38. The van der Waals surface area contributed by atoms with Gasteiger partial charge in [0.15, 0.2) is 11.4 Å². The Labute approximate surface area is 91.1 Å². The molecule has 0 saturated heterocycles. The van der Waals surface area contributed by atoms with Crippen LogP contribution in [-0.4, -0.2) is 15.0 Å². The number of nitrogen functional groups attached to an aromatic ring is 1. The SMILES string of the molecule is Cc1ncccc1Oc1nc[nH]c(=O)c1N. The Morgan fingerprint density at radius 1 is 1.44 bits per heavy atom. The average Bonchev–Trinajstić information content (AvgIpc) is 2.28. The van der Waals surface area contributed by atoms with Gasteiger partial charge in [-0.25, -0.2) is 4.98 Å². The molecule has 0 aliphatic carbocycles. The van der Waals surface area contributed by atoms with E-state index in [1.807, 2.05) is 0 Å². The number of H-pyrrole nitrogens is 1. The molecule has 0 aliphatic heterocycles. The molecule has 2 heterocycles. The molecule has 3 N–H and O–H groups in total. The van der Waals surface area contributed by atoms with Crippen LogP contribution in [0, 0.1) is 6.92 Å². The van der Waals surface area contributed by atoms with Crippen molar-refractivity contribution in [3.8, 4) is 11.6 Å². The van der Waals surface area contributed by atoms with E-state index >= 15 is 0 Å². The highest BCUT2D eigenvalue weighted by molar-refractivity contribution is 5.47. The third-order valence-electron chi connectivity index (χ3n) is 2.02. The summed E-state index contributed by atoms with van der Waals surface area (Å²) in [6, 6.07) is 3.45. The van der Waals surface area contributed by atoms with E-state index in [1.54, 1.807) is 25.3 Å². The lowest BCUT2D eigenvalue weighted by Crippen LogP contribution is -2.13. The van der Waals surface area contributed by atoms with E-state index in [-0.39, 0.29) is 11.6 Å². The van der Waals surface area contributed by atoms with E-state index in [4.69, 9.17) is 10.5 Å². The van der Waals surface area contributed by atoms with Gasteiger partial charge in [-0.2, -0.15) is 0 Å². The van der Waals surface area contributed by atoms with Gasteiger partial charge < -0.3 is 15.5 Å². The van der Waals surface area contributed by atoms with Crippen molar-refractivity contribution < 1.29 is 4.74 Å². The maximum atomic E-state index is 11.2. The van der Waals surface area contributed by atoms with Crippen LogP contribution in [0.25, 0.3) is 0 Å². The lowest BCUT2D eigenvalue weighted by molar-refractivity contribution is 0.457. The number of aromatic amines is 1. The molecule has 6 heteroatoms. The minimum Gasteiger partial charge on any atom is -0.435 e. The Hall–Kier alpha value is -2.37. The van der Waals surface area contributed by atoms with Crippen LogP contribution in [0.2, 0.25) is 0 Å². The second kappa shape index (κ2) is 4.01. The Morgan fingerprint density at radius 2 is 2.25 bits per heavy atom. The van der Waals surface area contributed by atoms with Gasteiger partial charge in [-0.1, -0.05) is 0 Å². The second-order valence-corrected chi connectivity index (χ2v) is 3.14. The normalized spacial score (nSPS) is 10.1. The summed E-state index contributed by atoms with van der Waals surface area (Å²) < 4.78 is 5.40. The van der Waals surface area contributed by atoms with E-state index in [1.165, 1.54) is 6.33 Å². The summed E-state index contributed by atoms with van der Waals surface area (Å²) in [7, 11) is 0. The Morgan fingerprint density at radius 3 is 3.00 bits per heavy atom. The Kier molecular flexibility index (Phi) is 2.55. The van der Waals surface area contributed by atoms with Gasteiger partial charge in [0.1, 0.15) is 0 Å². The molecule has 0 unspecified atom stereocenters. The number of rotatable bonds is 2. The zero-order valence-corrected chi connectivity index (χ0v) is 8.60. The molecule has 2 aromatic rings. The van der Waals surface area contributed by atoms with Gasteiger partial charge in [0.25, 0.3) is 5.56 Å². The summed E-state index contributed by atoms with van der Waals surface area (Å²) in [5.74, 6) is 0.604. The lowest BCUT2D eigenvalue weighted by atomic mass is 10.3. The number of hydrogen-bond donors (Lipinski definition) is 2. The zero-order chi connectivity index (χ0) is 11.5. The minimum atomic E-state index is -0.424. The molecular formula is C10H10N4O2. The van der Waals surface area contributed by atoms with Gasteiger partial charge in [-0.15, -0.1) is 0 Å². The number of anilines is 1. The number of aryl methyl sites for hydroxylation is 1. The van der Waals surface area contributed by atoms with Crippen LogP contribution in [0.3, 0.4) is 0 Å². The molecule has 0 atom stereocenters. The quantitative estimate of drug-likeness (QED) is 0.779. The molecule has 2 aromatic heterocycles. The van der Waals surface area contributed by atoms with Crippen LogP contribution in [0.5, 0.6) is 11.6 Å². The molecule has 0 saturated carbocycles. The zero-order valence-electron chi connectivity index (χ0n) is 8.60. The van der Waals surface area contributed by atoms with Gasteiger partial charge in [0.2, 0.25) is 5.88 Å². The lowest BCUT2D eigenvalue weighted by Gasteiger charge is -2.07. The van der Waals surface area contributed by atoms with Crippen molar-refractivity contribution in [2.24, 2.45) is 0 Å². The molecule has 82 valence electrons. The van der Waals surface area contributed by atoms with Crippen molar-refractivity contribution in [1.82, 2.24) is 15.0 Å². The molecule has 2 rings (SSSR count). The van der Waals surface area contributed by atoms with Crippen molar-refractivity contribution in [2.45, 2.75) is 6.92 Å². The number of nitrogens with zero attached hydrogens (tertiary/aromatic N) is 2. The highest BCUT2D eigenvalue weighted by Gasteiger charge is 2.08. The number of hydrogen-bond acceptors (Lipinski definition) is 5. The first-order chi connectivity index (χ1) is 7.68. The van der Waals surface area contributed by atoms with Crippen LogP contribution < -0.4 is 16.0 Å². The molecule has 0 aromatic carbocycles. The van der Waals surface area contributed by atoms with Crippen LogP contribution in [0.4, 0.5) is 5.69 Å². The number of aromatic nitrogens is 3. The largest absolute Gasteiger partial charge is 0.435 e. The summed E-state index contributed by atoms with van der Waals surface area (Å²) >= 11 is 0. The monoisotopic (exact) mass is 218 g/mol. The van der Waals surface area contributed by atoms with Crippen molar-refractivity contribution in [3.63, 3.8) is 0 Å². The van der Waals surface area contributed by atoms with Crippen LogP contribution in [0.1, 0.15) is 5.69 Å². The van der Waals surface area contributed by atoms with E-state index in [9.17, 15) is 4.79 Å². The van der Waals surface area contributed by atoms with Crippen LogP contribution in [0.15, 0.2) is 29.5 Å². The fraction of sp³-hybridized carbons (Fsp3) is 0.100. The highest BCUT2D eigenvalue weighted by atomic mass is 16.5. The number of nitrogens with two attached hydrogens (primary N) is 1. The third-order valence-corrected chi connectivity index (χ3v) is 2.02. The molecule has 0 fully saturated rings. The topological polar surface area (TPSA) is 93.9 Å². The van der Waals surface area contributed by atoms with Crippen molar-refractivity contribution in [2.75, 3.05) is 5.73 Å². The average molecular weight is 218 g/mol. The molecule has 6 nitrogen and oxygen atoms in total. The first-order valence-electron chi connectivity index (χ1n) is 4.61. The van der Waals surface area contributed by atoms with Gasteiger partial charge in [-0.3, -0.25) is 9.78 Å². The fourth-order valence-corrected chi connectivity index (χ4v) is 1.16. The fourth-order valence-electron chi connectivity index (χ4n) is 1.16. The second-order valence-electron chi connectivity index (χ2n) is 3.14. The van der Waals surface area contributed by atoms with Crippen LogP contribution in [-0.2, 0) is 0 Å². The summed E-state index contributed by atoms with van der Waals surface area (Å²) in [6.07, 6.45) is 2.89. The van der Waals surface area contributed by atoms with Gasteiger partial charge in [0, 0.05) is 6.20 Å². The molecule has 16 heavy (non-hydrogen) atoms. The highest BCUT2D eigenvalue weighted by Crippen LogP contribution is 2.23. The van der Waals surface area contributed by atoms with Crippen molar-refractivity contribution >= 4 is 5.69 Å². The van der Waals surface area contributed by atoms with E-state index in [2.05, 4.69) is 15.0 Å². The molecule has 0 amide bonds. The molecular weight excluding hydrogens is 208 g/mol.